The summed E-state index contributed by atoms with van der Waals surface area (Å²) in [5, 5.41) is 7.22. The molecule has 0 saturated carbocycles. The van der Waals surface area contributed by atoms with Gasteiger partial charge >= 0.3 is 20.1 Å². The average molecular weight is 931 g/mol. The number of rotatable bonds is 9. The Morgan fingerprint density at radius 2 is 0.655 bits per heavy atom. The minimum atomic E-state index is 0. The first-order valence-corrected chi connectivity index (χ1v) is 20.2. The molecule has 0 aliphatic carbocycles. The topological polar surface area (TPSA) is 38.7 Å². The van der Waals surface area contributed by atoms with Gasteiger partial charge in [0.15, 0.2) is 0 Å². The van der Waals surface area contributed by atoms with E-state index in [0.717, 1.165) is 53.0 Å². The van der Waals surface area contributed by atoms with E-state index in [9.17, 15) is 0 Å². The van der Waals surface area contributed by atoms with Crippen LogP contribution in [0.15, 0.2) is 164 Å². The van der Waals surface area contributed by atoms with Crippen LogP contribution in [-0.4, -0.2) is 15.0 Å². The molecule has 0 amide bonds. The molecule has 9 rings (SSSR count). The van der Waals surface area contributed by atoms with Gasteiger partial charge in [-0.1, -0.05) is 132 Å². The number of hydrogen-bond donors (Lipinski definition) is 0. The minimum absolute atomic E-state index is 0. The van der Waals surface area contributed by atoms with Crippen molar-refractivity contribution in [2.24, 2.45) is 0 Å². The van der Waals surface area contributed by atoms with Crippen molar-refractivity contribution in [2.75, 3.05) is 0 Å². The summed E-state index contributed by atoms with van der Waals surface area (Å²) in [6.07, 6.45) is 12.4. The molecule has 0 saturated heterocycles. The van der Waals surface area contributed by atoms with Crippen LogP contribution in [0.2, 0.25) is 0 Å². The predicted octanol–water partition coefficient (Wildman–Crippen LogP) is 14.0. The van der Waals surface area contributed by atoms with Gasteiger partial charge in [-0.3, -0.25) is 0 Å². The molecule has 6 aromatic carbocycles. The van der Waals surface area contributed by atoms with Gasteiger partial charge in [-0.2, -0.15) is 0 Å². The maximum atomic E-state index is 4.52. The fourth-order valence-corrected chi connectivity index (χ4v) is 7.15. The molecular formula is C54H48IrN3. The molecule has 0 radical (unpaired) electrons. The summed E-state index contributed by atoms with van der Waals surface area (Å²) in [7, 11) is 0. The maximum Gasteiger partial charge on any atom is 3.00 e. The second-order valence-corrected chi connectivity index (χ2v) is 14.2. The normalized spacial score (nSPS) is 10.6. The Labute approximate surface area is 357 Å². The molecule has 0 unspecified atom stereocenters. The van der Waals surface area contributed by atoms with Crippen molar-refractivity contribution < 1.29 is 20.1 Å². The van der Waals surface area contributed by atoms with Gasteiger partial charge < -0.3 is 15.0 Å². The van der Waals surface area contributed by atoms with Gasteiger partial charge in [0, 0.05) is 18.6 Å². The Kier molecular flexibility index (Phi) is 15.2. The fraction of sp³-hybridized carbons (Fsp3) is 0.167. The monoisotopic (exact) mass is 931 g/mol. The number of aromatic nitrogens is 3. The summed E-state index contributed by atoms with van der Waals surface area (Å²) < 4.78 is 0. The molecular weight excluding hydrogens is 883 g/mol. The van der Waals surface area contributed by atoms with E-state index in [-0.39, 0.29) is 20.1 Å². The van der Waals surface area contributed by atoms with Crippen molar-refractivity contribution in [2.45, 2.75) is 59.3 Å². The third kappa shape index (κ3) is 10.4. The summed E-state index contributed by atoms with van der Waals surface area (Å²) in [4.78, 5) is 13.6. The van der Waals surface area contributed by atoms with Gasteiger partial charge in [0.05, 0.1) is 0 Å². The van der Waals surface area contributed by atoms with E-state index in [1.54, 1.807) is 0 Å². The number of pyridine rings is 3. The largest absolute Gasteiger partial charge is 3.00 e. The molecule has 0 bridgehead atoms. The molecule has 0 N–H and O–H groups in total. The van der Waals surface area contributed by atoms with Crippen LogP contribution in [0, 0.1) is 18.2 Å². The Morgan fingerprint density at radius 3 is 0.914 bits per heavy atom. The number of hydrogen-bond acceptors (Lipinski definition) is 3. The van der Waals surface area contributed by atoms with Gasteiger partial charge in [0.1, 0.15) is 0 Å². The fourth-order valence-electron chi connectivity index (χ4n) is 7.15. The molecule has 58 heavy (non-hydrogen) atoms. The molecule has 3 nitrogen and oxygen atoms in total. The Morgan fingerprint density at radius 1 is 0.362 bits per heavy atom. The van der Waals surface area contributed by atoms with Crippen LogP contribution in [-0.2, 0) is 39.4 Å². The Bertz CT molecular complexity index is 2340. The number of nitrogens with zero attached hydrogens (tertiary/aromatic N) is 3. The van der Waals surface area contributed by atoms with Crippen LogP contribution >= 0.6 is 0 Å². The number of fused-ring (bicyclic) bond motifs is 3. The third-order valence-corrected chi connectivity index (χ3v) is 10.0. The zero-order valence-electron chi connectivity index (χ0n) is 33.5. The van der Waals surface area contributed by atoms with E-state index in [1.807, 2.05) is 36.8 Å². The Balaban J connectivity index is 0.000000145. The van der Waals surface area contributed by atoms with Crippen LogP contribution in [0.3, 0.4) is 0 Å². The second-order valence-electron chi connectivity index (χ2n) is 14.2. The van der Waals surface area contributed by atoms with Gasteiger partial charge in [-0.05, 0) is 67.6 Å². The first-order chi connectivity index (χ1) is 28.1. The van der Waals surface area contributed by atoms with Crippen LogP contribution in [0.25, 0.3) is 66.1 Å². The zero-order chi connectivity index (χ0) is 39.2. The molecule has 0 aliphatic rings. The Hall–Kier alpha value is -5.80. The van der Waals surface area contributed by atoms with E-state index in [2.05, 4.69) is 181 Å². The molecule has 0 spiro atoms. The predicted molar refractivity (Wildman–Crippen MR) is 240 cm³/mol. The average Bonchev–Trinajstić information content (AvgIpc) is 3.27. The summed E-state index contributed by atoms with van der Waals surface area (Å²) in [5.74, 6) is 0. The zero-order valence-corrected chi connectivity index (χ0v) is 35.9. The van der Waals surface area contributed by atoms with Crippen LogP contribution in [0.5, 0.6) is 0 Å². The molecule has 288 valence electrons. The van der Waals surface area contributed by atoms with Crippen molar-refractivity contribution in [3.8, 4) is 33.8 Å². The number of benzene rings is 6. The van der Waals surface area contributed by atoms with Gasteiger partial charge in [0.25, 0.3) is 0 Å². The van der Waals surface area contributed by atoms with E-state index in [0.29, 0.717) is 0 Å². The number of aryl methyl sites for hydroxylation is 3. The second kappa shape index (κ2) is 21.1. The molecule has 3 heterocycles. The summed E-state index contributed by atoms with van der Waals surface area (Å²) in [6.45, 7) is 6.58. The van der Waals surface area contributed by atoms with Gasteiger partial charge in [-0.25, -0.2) is 0 Å². The molecule has 0 aliphatic heterocycles. The molecule has 9 aromatic rings. The van der Waals surface area contributed by atoms with Gasteiger partial charge in [0.2, 0.25) is 0 Å². The summed E-state index contributed by atoms with van der Waals surface area (Å²) in [6, 6.07) is 60.4. The van der Waals surface area contributed by atoms with E-state index < -0.39 is 0 Å². The quantitative estimate of drug-likeness (QED) is 0.135. The van der Waals surface area contributed by atoms with Gasteiger partial charge in [-0.15, -0.1) is 106 Å². The SMILES string of the molecule is CCCc1c[c-]c(-c2nccc3ccccc23)cc1.CCCc1c[c-]c(-c2nccc3ccccc23)cc1.CCCc1c[c-]c(-c2nccc3ccccc23)cc1.[Ir+3]. The minimum Gasteiger partial charge on any atom is -0.304 e. The van der Waals surface area contributed by atoms with Crippen molar-refractivity contribution in [1.82, 2.24) is 15.0 Å². The molecule has 4 heteroatoms. The third-order valence-electron chi connectivity index (χ3n) is 10.0. The summed E-state index contributed by atoms with van der Waals surface area (Å²) >= 11 is 0. The first kappa shape index (κ1) is 41.8. The van der Waals surface area contributed by atoms with Crippen molar-refractivity contribution >= 4 is 32.3 Å². The summed E-state index contributed by atoms with van der Waals surface area (Å²) in [5.41, 5.74) is 10.3. The van der Waals surface area contributed by atoms with Crippen molar-refractivity contribution in [3.05, 3.63) is 199 Å². The van der Waals surface area contributed by atoms with Crippen LogP contribution in [0.1, 0.15) is 56.7 Å². The van der Waals surface area contributed by atoms with E-state index >= 15 is 0 Å². The van der Waals surface area contributed by atoms with E-state index in [4.69, 9.17) is 0 Å². The van der Waals surface area contributed by atoms with Crippen LogP contribution < -0.4 is 0 Å². The molecule has 3 aromatic heterocycles. The maximum absolute atomic E-state index is 4.52. The molecule has 0 fully saturated rings. The molecule has 0 atom stereocenters. The van der Waals surface area contributed by atoms with Crippen LogP contribution in [0.4, 0.5) is 0 Å². The van der Waals surface area contributed by atoms with Crippen molar-refractivity contribution in [1.29, 1.82) is 0 Å². The smallest absolute Gasteiger partial charge is 0.304 e. The first-order valence-electron chi connectivity index (χ1n) is 20.2. The van der Waals surface area contributed by atoms with Crippen molar-refractivity contribution in [3.63, 3.8) is 0 Å². The van der Waals surface area contributed by atoms with E-state index in [1.165, 1.54) is 68.3 Å². The standard InChI is InChI=1S/3C18H16N.Ir/c3*1-2-5-14-8-10-16(11-9-14)18-17-7-4-3-6-15(17)12-13-19-18;/h3*3-4,6-10,12-13H,2,5H2,1H3;/q3*-1;+3.